The summed E-state index contributed by atoms with van der Waals surface area (Å²) in [6.07, 6.45) is 3.36. The van der Waals surface area contributed by atoms with E-state index < -0.39 is 5.78 Å². The van der Waals surface area contributed by atoms with Crippen molar-refractivity contribution in [3.63, 3.8) is 0 Å². The lowest BCUT2D eigenvalue weighted by molar-refractivity contribution is -0.108. The van der Waals surface area contributed by atoms with Gasteiger partial charge in [-0.1, -0.05) is 6.07 Å². The number of imidazole rings is 1. The molecule has 166 valence electrons. The van der Waals surface area contributed by atoms with Crippen molar-refractivity contribution in [3.8, 4) is 23.4 Å². The topological polar surface area (TPSA) is 96.0 Å². The van der Waals surface area contributed by atoms with Gasteiger partial charge in [0.05, 0.1) is 17.1 Å². The lowest BCUT2D eigenvalue weighted by Crippen LogP contribution is -2.22. The molecule has 0 spiro atoms. The number of Topliss-reactive ketones (excluding diaryl/α,β-unsaturated/α-hetero) is 1. The van der Waals surface area contributed by atoms with Crippen LogP contribution in [0.1, 0.15) is 30.9 Å². The van der Waals surface area contributed by atoms with Crippen molar-refractivity contribution in [3.05, 3.63) is 59.7 Å². The van der Waals surface area contributed by atoms with Crippen LogP contribution >= 0.6 is 0 Å². The predicted molar refractivity (Wildman–Crippen MR) is 129 cm³/mol. The molecule has 0 amide bonds. The molecule has 3 heterocycles. The fraction of sp³-hybridized carbons (Fsp3) is 0.240. The Morgan fingerprint density at radius 3 is 2.61 bits per heavy atom. The van der Waals surface area contributed by atoms with Crippen molar-refractivity contribution in [1.29, 1.82) is 0 Å². The molecule has 0 bridgehead atoms. The Bertz CT molecular complexity index is 1340. The smallest absolute Gasteiger partial charge is 0.261 e. The number of pyridine rings is 1. The van der Waals surface area contributed by atoms with Crippen LogP contribution in [0.2, 0.25) is 0 Å². The third-order valence-corrected chi connectivity index (χ3v) is 5.55. The number of hydrogen-bond acceptors (Lipinski definition) is 7. The van der Waals surface area contributed by atoms with Gasteiger partial charge in [0.2, 0.25) is 0 Å². The van der Waals surface area contributed by atoms with Crippen molar-refractivity contribution < 1.29 is 9.90 Å². The van der Waals surface area contributed by atoms with Gasteiger partial charge >= 0.3 is 0 Å². The van der Waals surface area contributed by atoms with Crippen LogP contribution in [0.5, 0.6) is 0 Å². The number of hydrogen-bond donors (Lipinski definition) is 1. The molecule has 0 radical (unpaired) electrons. The van der Waals surface area contributed by atoms with E-state index >= 15 is 0 Å². The highest BCUT2D eigenvalue weighted by molar-refractivity contribution is 6.73. The first-order chi connectivity index (χ1) is 16.0. The molecular weight excluding hydrogens is 416 g/mol. The summed E-state index contributed by atoms with van der Waals surface area (Å²) in [5.74, 6) is 1.95. The highest BCUT2D eigenvalue weighted by Crippen LogP contribution is 2.29. The fourth-order valence-corrected chi connectivity index (χ4v) is 3.80. The molecule has 1 aromatic carbocycles. The first-order valence-electron chi connectivity index (χ1n) is 10.7. The SMILES string of the molecule is CCN(CC)c1ccc(N=C2C(C(=O)C#CO)=Nn3c2nc(-c2ccccn2)c3C)c(C)c1. The van der Waals surface area contributed by atoms with Crippen LogP contribution in [0, 0.1) is 25.9 Å². The first-order valence-corrected chi connectivity index (χ1v) is 10.7. The number of benzene rings is 1. The van der Waals surface area contributed by atoms with E-state index in [4.69, 9.17) is 15.1 Å². The number of nitrogens with zero attached hydrogens (tertiary/aromatic N) is 6. The second kappa shape index (κ2) is 9.09. The third-order valence-electron chi connectivity index (χ3n) is 5.55. The summed E-state index contributed by atoms with van der Waals surface area (Å²) in [6.45, 7) is 9.87. The molecule has 2 aromatic heterocycles. The monoisotopic (exact) mass is 440 g/mol. The minimum Gasteiger partial charge on any atom is -0.462 e. The van der Waals surface area contributed by atoms with E-state index in [0.717, 1.165) is 30.0 Å². The van der Waals surface area contributed by atoms with Crippen LogP contribution < -0.4 is 4.90 Å². The van der Waals surface area contributed by atoms with E-state index in [0.29, 0.717) is 28.6 Å². The van der Waals surface area contributed by atoms with Crippen molar-refractivity contribution in [2.75, 3.05) is 18.0 Å². The summed E-state index contributed by atoms with van der Waals surface area (Å²) in [5.41, 5.74) is 5.22. The van der Waals surface area contributed by atoms with E-state index in [1.165, 1.54) is 0 Å². The number of carbonyl (C=O) groups is 1. The van der Waals surface area contributed by atoms with Crippen LogP contribution in [0.3, 0.4) is 0 Å². The first kappa shape index (κ1) is 22.0. The molecule has 33 heavy (non-hydrogen) atoms. The minimum absolute atomic E-state index is 0.0435. The predicted octanol–water partition coefficient (Wildman–Crippen LogP) is 3.65. The van der Waals surface area contributed by atoms with Gasteiger partial charge in [-0.05, 0) is 63.6 Å². The van der Waals surface area contributed by atoms with E-state index in [-0.39, 0.29) is 5.71 Å². The lowest BCUT2D eigenvalue weighted by Gasteiger charge is -2.21. The minimum atomic E-state index is -0.627. The molecule has 0 fully saturated rings. The maximum Gasteiger partial charge on any atom is 0.261 e. The van der Waals surface area contributed by atoms with Crippen LogP contribution in [0.4, 0.5) is 11.4 Å². The molecule has 8 nitrogen and oxygen atoms in total. The van der Waals surface area contributed by atoms with Gasteiger partial charge < -0.3 is 10.0 Å². The highest BCUT2D eigenvalue weighted by Gasteiger charge is 2.32. The summed E-state index contributed by atoms with van der Waals surface area (Å²) in [6, 6.07) is 11.6. The van der Waals surface area contributed by atoms with Gasteiger partial charge in [0.25, 0.3) is 5.78 Å². The molecule has 0 unspecified atom stereocenters. The van der Waals surface area contributed by atoms with Gasteiger partial charge in [0.15, 0.2) is 11.5 Å². The van der Waals surface area contributed by atoms with E-state index in [9.17, 15) is 4.79 Å². The summed E-state index contributed by atoms with van der Waals surface area (Å²) in [7, 11) is 0. The zero-order valence-corrected chi connectivity index (χ0v) is 19.0. The molecule has 1 N–H and O–H groups in total. The largest absolute Gasteiger partial charge is 0.462 e. The Morgan fingerprint density at radius 1 is 1.18 bits per heavy atom. The zero-order valence-electron chi connectivity index (χ0n) is 19.0. The van der Waals surface area contributed by atoms with Gasteiger partial charge in [-0.3, -0.25) is 9.78 Å². The second-order valence-corrected chi connectivity index (χ2v) is 7.51. The number of fused-ring (bicyclic) bond motifs is 1. The number of ketones is 1. The van der Waals surface area contributed by atoms with E-state index in [1.807, 2.05) is 44.2 Å². The Morgan fingerprint density at radius 2 is 1.97 bits per heavy atom. The quantitative estimate of drug-likeness (QED) is 0.590. The van der Waals surface area contributed by atoms with Crippen LogP contribution in [-0.4, -0.2) is 50.0 Å². The van der Waals surface area contributed by atoms with Gasteiger partial charge in [-0.2, -0.15) is 5.10 Å². The second-order valence-electron chi connectivity index (χ2n) is 7.51. The highest BCUT2D eigenvalue weighted by atomic mass is 16.2. The number of rotatable bonds is 6. The zero-order chi connectivity index (χ0) is 23.5. The number of aliphatic hydroxyl groups excluding tert-OH is 1. The Balaban J connectivity index is 1.85. The third kappa shape index (κ3) is 4.01. The number of aliphatic hydroxyl groups is 1. The van der Waals surface area contributed by atoms with E-state index in [2.05, 4.69) is 40.8 Å². The molecule has 0 saturated carbocycles. The number of aryl methyl sites for hydroxylation is 1. The van der Waals surface area contributed by atoms with Crippen LogP contribution in [0.25, 0.3) is 11.4 Å². The van der Waals surface area contributed by atoms with Gasteiger partial charge in [0, 0.05) is 30.9 Å². The fourth-order valence-electron chi connectivity index (χ4n) is 3.80. The summed E-state index contributed by atoms with van der Waals surface area (Å²) < 4.78 is 1.58. The number of carbonyl (C=O) groups excluding carboxylic acids is 1. The van der Waals surface area contributed by atoms with Crippen molar-refractivity contribution in [2.24, 2.45) is 10.1 Å². The van der Waals surface area contributed by atoms with Crippen molar-refractivity contribution >= 4 is 28.6 Å². The van der Waals surface area contributed by atoms with Crippen LogP contribution in [-0.2, 0) is 4.79 Å². The average Bonchev–Trinajstić information content (AvgIpc) is 3.34. The van der Waals surface area contributed by atoms with Gasteiger partial charge in [-0.15, -0.1) is 0 Å². The lowest BCUT2D eigenvalue weighted by atomic mass is 10.1. The Kier molecular flexibility index (Phi) is 6.05. The van der Waals surface area contributed by atoms with Gasteiger partial charge in [0.1, 0.15) is 17.5 Å². The maximum absolute atomic E-state index is 12.6. The summed E-state index contributed by atoms with van der Waals surface area (Å²) >= 11 is 0. The molecule has 0 atom stereocenters. The molecule has 0 saturated heterocycles. The number of anilines is 1. The molecule has 1 aliphatic rings. The Labute approximate surface area is 192 Å². The van der Waals surface area contributed by atoms with Crippen molar-refractivity contribution in [1.82, 2.24) is 14.6 Å². The van der Waals surface area contributed by atoms with Crippen molar-refractivity contribution in [2.45, 2.75) is 27.7 Å². The summed E-state index contributed by atoms with van der Waals surface area (Å²) in [5, 5.41) is 13.4. The maximum atomic E-state index is 12.6. The molecular formula is C25H24N6O2. The normalized spacial score (nSPS) is 13.3. The van der Waals surface area contributed by atoms with Crippen LogP contribution in [0.15, 0.2) is 52.7 Å². The molecule has 3 aromatic rings. The molecule has 8 heteroatoms. The standard InChI is InChI=1S/C25H24N6O2/c1-5-30(6-2)18-10-11-19(16(3)15-18)27-24-23(21(33)12-14-32)29-31-17(4)22(28-25(24)31)20-9-7-8-13-26-20/h7-11,13,15,32H,5-6H2,1-4H3. The number of aromatic nitrogens is 3. The van der Waals surface area contributed by atoms with E-state index in [1.54, 1.807) is 17.0 Å². The summed E-state index contributed by atoms with van der Waals surface area (Å²) in [4.78, 5) is 28.7. The number of aliphatic imine (C=N–C) groups is 1. The Hall–Kier alpha value is -4.25. The average molecular weight is 441 g/mol. The van der Waals surface area contributed by atoms with Gasteiger partial charge in [-0.25, -0.2) is 14.7 Å². The molecule has 0 aliphatic carbocycles. The molecule has 4 rings (SSSR count). The molecule has 1 aliphatic heterocycles.